The van der Waals surface area contributed by atoms with Crippen molar-refractivity contribution in [3.63, 3.8) is 0 Å². The Morgan fingerprint density at radius 1 is 0.970 bits per heavy atom. The van der Waals surface area contributed by atoms with Crippen molar-refractivity contribution in [2.45, 2.75) is 107 Å². The van der Waals surface area contributed by atoms with Gasteiger partial charge < -0.3 is 45.6 Å². The van der Waals surface area contributed by atoms with Gasteiger partial charge in [-0.25, -0.2) is 0 Å². The molecule has 1 aliphatic heterocycles. The maximum atomic E-state index is 11.0. The summed E-state index contributed by atoms with van der Waals surface area (Å²) < 4.78 is 5.67. The molecule has 3 atom stereocenters. The number of aromatic hydroxyl groups is 1. The second-order valence-corrected chi connectivity index (χ2v) is 10.4. The second-order valence-electron chi connectivity index (χ2n) is 10.4. The SMILES string of the molecule is CCCCCCC(C)(C)c1cc(O)c2c(c1)OC(C(O)(O)O)(C(O)(O)O)[C@@H]1CCC(O)CC21. The van der Waals surface area contributed by atoms with E-state index in [1.54, 1.807) is 12.1 Å². The van der Waals surface area contributed by atoms with Crippen molar-refractivity contribution < 1.29 is 45.6 Å². The Labute approximate surface area is 193 Å². The largest absolute Gasteiger partial charge is 0.508 e. The fourth-order valence-corrected chi connectivity index (χ4v) is 5.66. The number of aliphatic hydroxyl groups excluding tert-OH is 1. The quantitative estimate of drug-likeness (QED) is 0.206. The highest BCUT2D eigenvalue weighted by atomic mass is 16.8. The molecular formula is C24H38O9. The van der Waals surface area contributed by atoms with E-state index in [4.69, 9.17) is 4.74 Å². The van der Waals surface area contributed by atoms with Crippen molar-refractivity contribution in [3.8, 4) is 11.5 Å². The van der Waals surface area contributed by atoms with Crippen LogP contribution in [-0.2, 0) is 5.41 Å². The van der Waals surface area contributed by atoms with Crippen molar-refractivity contribution in [1.29, 1.82) is 0 Å². The van der Waals surface area contributed by atoms with E-state index < -0.39 is 40.9 Å². The van der Waals surface area contributed by atoms with Crippen LogP contribution in [0.3, 0.4) is 0 Å². The third-order valence-electron chi connectivity index (χ3n) is 7.54. The fraction of sp³-hybridized carbons (Fsp3) is 0.750. The Kier molecular flexibility index (Phi) is 7.10. The predicted octanol–water partition coefficient (Wildman–Crippen LogP) is 1.28. The number of unbranched alkanes of at least 4 members (excludes halogenated alkanes) is 3. The molecule has 33 heavy (non-hydrogen) atoms. The lowest BCUT2D eigenvalue weighted by atomic mass is 9.62. The zero-order chi connectivity index (χ0) is 24.8. The molecule has 0 spiro atoms. The number of phenols is 1. The number of phenolic OH excluding ortho intramolecular Hbond substituents is 1. The standard InChI is InChI=1S/C24H38O9/c1-4-5-6-7-10-21(2,3)14-11-18(26)20-16-13-15(25)8-9-17(16)22(23(27,28)29,24(30,31)32)33-19(20)12-14/h11-12,15-17,25-32H,4-10,13H2,1-3H3/t15?,16?,17-/m1/s1. The number of hydrogen-bond donors (Lipinski definition) is 8. The molecule has 0 radical (unpaired) electrons. The first kappa shape index (κ1) is 26.2. The lowest BCUT2D eigenvalue weighted by Gasteiger charge is -2.55. The average molecular weight is 471 g/mol. The van der Waals surface area contributed by atoms with Crippen LogP contribution in [0.2, 0.25) is 0 Å². The van der Waals surface area contributed by atoms with Crippen LogP contribution in [0.25, 0.3) is 0 Å². The molecule has 1 aromatic rings. The fourth-order valence-electron chi connectivity index (χ4n) is 5.66. The summed E-state index contributed by atoms with van der Waals surface area (Å²) in [5, 5.41) is 82.5. The number of fused-ring (bicyclic) bond motifs is 3. The van der Waals surface area contributed by atoms with Crippen LogP contribution in [0, 0.1) is 5.92 Å². The van der Waals surface area contributed by atoms with Gasteiger partial charge >= 0.3 is 11.9 Å². The molecular weight excluding hydrogens is 432 g/mol. The van der Waals surface area contributed by atoms with Crippen LogP contribution in [0.15, 0.2) is 12.1 Å². The number of aliphatic hydroxyl groups is 7. The maximum absolute atomic E-state index is 11.0. The van der Waals surface area contributed by atoms with Gasteiger partial charge in [0.25, 0.3) is 5.60 Å². The monoisotopic (exact) mass is 470 g/mol. The zero-order valence-electron chi connectivity index (χ0n) is 19.5. The first-order valence-electron chi connectivity index (χ1n) is 11.7. The zero-order valence-corrected chi connectivity index (χ0v) is 19.5. The normalized spacial score (nSPS) is 25.2. The van der Waals surface area contributed by atoms with Gasteiger partial charge in [0.15, 0.2) is 0 Å². The molecule has 3 rings (SSSR count). The van der Waals surface area contributed by atoms with E-state index in [1.165, 1.54) is 0 Å². The number of benzene rings is 1. The van der Waals surface area contributed by atoms with E-state index in [9.17, 15) is 40.9 Å². The Hall–Kier alpha value is -1.46. The molecule has 0 amide bonds. The molecule has 0 aromatic heterocycles. The minimum Gasteiger partial charge on any atom is -0.508 e. The lowest BCUT2D eigenvalue weighted by Crippen LogP contribution is -2.76. The molecule has 8 N–H and O–H groups in total. The third-order valence-corrected chi connectivity index (χ3v) is 7.54. The average Bonchev–Trinajstić information content (AvgIpc) is 2.68. The van der Waals surface area contributed by atoms with Gasteiger partial charge in [-0.1, -0.05) is 46.5 Å². The topological polar surface area (TPSA) is 171 Å². The molecule has 9 heteroatoms. The Morgan fingerprint density at radius 3 is 2.18 bits per heavy atom. The highest BCUT2D eigenvalue weighted by molar-refractivity contribution is 5.54. The Balaban J connectivity index is 2.13. The molecule has 188 valence electrons. The van der Waals surface area contributed by atoms with E-state index >= 15 is 0 Å². The van der Waals surface area contributed by atoms with Crippen molar-refractivity contribution >= 4 is 0 Å². The molecule has 1 aromatic carbocycles. The van der Waals surface area contributed by atoms with Crippen molar-refractivity contribution in [2.24, 2.45) is 5.92 Å². The molecule has 9 nitrogen and oxygen atoms in total. The highest BCUT2D eigenvalue weighted by Gasteiger charge is 2.73. The van der Waals surface area contributed by atoms with Gasteiger partial charge in [0, 0.05) is 17.4 Å². The van der Waals surface area contributed by atoms with Crippen molar-refractivity contribution in [1.82, 2.24) is 0 Å². The second kappa shape index (κ2) is 8.96. The first-order chi connectivity index (χ1) is 15.2. The van der Waals surface area contributed by atoms with E-state index in [-0.39, 0.29) is 36.3 Å². The van der Waals surface area contributed by atoms with Crippen LogP contribution in [0.4, 0.5) is 0 Å². The van der Waals surface area contributed by atoms with Gasteiger partial charge in [-0.15, -0.1) is 0 Å². The van der Waals surface area contributed by atoms with E-state index in [0.717, 1.165) is 32.1 Å². The molecule has 0 bridgehead atoms. The van der Waals surface area contributed by atoms with Gasteiger partial charge in [-0.2, -0.15) is 0 Å². The molecule has 1 saturated carbocycles. The van der Waals surface area contributed by atoms with Crippen molar-refractivity contribution in [2.75, 3.05) is 0 Å². The molecule has 2 aliphatic rings. The van der Waals surface area contributed by atoms with Gasteiger partial charge in [0.1, 0.15) is 11.5 Å². The maximum Gasteiger partial charge on any atom is 0.326 e. The smallest absolute Gasteiger partial charge is 0.326 e. The minimum atomic E-state index is -3.85. The van der Waals surface area contributed by atoms with Crippen LogP contribution >= 0.6 is 0 Å². The molecule has 1 aliphatic carbocycles. The van der Waals surface area contributed by atoms with Gasteiger partial charge in [0.05, 0.1) is 6.10 Å². The number of ether oxygens (including phenoxy) is 1. The van der Waals surface area contributed by atoms with Crippen molar-refractivity contribution in [3.05, 3.63) is 23.3 Å². The van der Waals surface area contributed by atoms with Crippen LogP contribution < -0.4 is 4.74 Å². The first-order valence-corrected chi connectivity index (χ1v) is 11.7. The van der Waals surface area contributed by atoms with Gasteiger partial charge in [0.2, 0.25) is 0 Å². The number of rotatable bonds is 8. The summed E-state index contributed by atoms with van der Waals surface area (Å²) in [5.74, 6) is -10.1. The van der Waals surface area contributed by atoms with Gasteiger partial charge in [-0.3, -0.25) is 0 Å². The van der Waals surface area contributed by atoms with Crippen LogP contribution in [0.5, 0.6) is 11.5 Å². The van der Waals surface area contributed by atoms with Crippen LogP contribution in [0.1, 0.15) is 89.2 Å². The molecule has 0 saturated heterocycles. The summed E-state index contributed by atoms with van der Waals surface area (Å²) in [6, 6.07) is 3.17. The summed E-state index contributed by atoms with van der Waals surface area (Å²) in [7, 11) is 0. The summed E-state index contributed by atoms with van der Waals surface area (Å²) in [5.41, 5.74) is -2.54. The third kappa shape index (κ3) is 4.60. The minimum absolute atomic E-state index is 0.0300. The van der Waals surface area contributed by atoms with E-state index in [0.29, 0.717) is 5.56 Å². The summed E-state index contributed by atoms with van der Waals surface area (Å²) in [4.78, 5) is 0. The van der Waals surface area contributed by atoms with E-state index in [1.807, 2.05) is 13.8 Å². The number of hydrogen-bond acceptors (Lipinski definition) is 9. The molecule has 2 unspecified atom stereocenters. The summed E-state index contributed by atoms with van der Waals surface area (Å²) in [6.07, 6.45) is 4.35. The molecule has 1 fully saturated rings. The van der Waals surface area contributed by atoms with E-state index in [2.05, 4.69) is 6.92 Å². The highest BCUT2D eigenvalue weighted by Crippen LogP contribution is 2.59. The predicted molar refractivity (Wildman–Crippen MR) is 118 cm³/mol. The summed E-state index contributed by atoms with van der Waals surface area (Å²) in [6.45, 7) is 6.11. The van der Waals surface area contributed by atoms with Crippen LogP contribution in [-0.4, -0.2) is 64.5 Å². The Bertz CT molecular complexity index is 824. The Morgan fingerprint density at radius 2 is 1.61 bits per heavy atom. The summed E-state index contributed by atoms with van der Waals surface area (Å²) >= 11 is 0. The molecule has 1 heterocycles. The lowest BCUT2D eigenvalue weighted by molar-refractivity contribution is -0.502. The van der Waals surface area contributed by atoms with Gasteiger partial charge in [-0.05, 0) is 48.8 Å².